The van der Waals surface area contributed by atoms with Crippen LogP contribution in [0.5, 0.6) is 0 Å². The van der Waals surface area contributed by atoms with Crippen LogP contribution >= 0.6 is 12.2 Å². The molecule has 2 amide bonds. The molecule has 0 saturated carbocycles. The number of nitrogens with zero attached hydrogens (tertiary/aromatic N) is 2. The summed E-state index contributed by atoms with van der Waals surface area (Å²) in [7, 11) is 0. The number of nitro benzene ring substituents is 1. The van der Waals surface area contributed by atoms with Crippen molar-refractivity contribution in [1.29, 1.82) is 0 Å². The van der Waals surface area contributed by atoms with Crippen molar-refractivity contribution in [2.24, 2.45) is 0 Å². The van der Waals surface area contributed by atoms with Gasteiger partial charge in [-0.2, -0.15) is 0 Å². The SMILES string of the molecule is O=C1c2ccccc2C(=O)N1COC(=S)Nc1ccc([N+](=O)[O-])cc1. The normalized spacial score (nSPS) is 12.7. The molecule has 1 heterocycles. The lowest BCUT2D eigenvalue weighted by Gasteiger charge is -2.16. The van der Waals surface area contributed by atoms with E-state index >= 15 is 0 Å². The van der Waals surface area contributed by atoms with Gasteiger partial charge in [0.05, 0.1) is 16.1 Å². The Hall–Kier alpha value is -3.33. The number of amides is 2. The van der Waals surface area contributed by atoms with E-state index in [1.165, 1.54) is 24.3 Å². The molecule has 2 aromatic carbocycles. The molecule has 2 aromatic rings. The Labute approximate surface area is 147 Å². The summed E-state index contributed by atoms with van der Waals surface area (Å²) in [5.41, 5.74) is 1.08. The number of ether oxygens (including phenoxy) is 1. The summed E-state index contributed by atoms with van der Waals surface area (Å²) in [4.78, 5) is 35.4. The predicted octanol–water partition coefficient (Wildman–Crippen LogP) is 2.56. The molecular formula is C16H11N3O5S. The van der Waals surface area contributed by atoms with E-state index in [1.807, 2.05) is 0 Å². The summed E-state index contributed by atoms with van der Waals surface area (Å²) in [5.74, 6) is -0.891. The van der Waals surface area contributed by atoms with Crippen LogP contribution in [-0.2, 0) is 4.74 Å². The molecule has 0 atom stereocenters. The number of carbonyl (C=O) groups excluding carboxylic acids is 2. The van der Waals surface area contributed by atoms with E-state index in [2.05, 4.69) is 5.32 Å². The van der Waals surface area contributed by atoms with Crippen molar-refractivity contribution in [1.82, 2.24) is 4.90 Å². The fourth-order valence-corrected chi connectivity index (χ4v) is 2.47. The highest BCUT2D eigenvalue weighted by molar-refractivity contribution is 7.80. The van der Waals surface area contributed by atoms with E-state index in [0.29, 0.717) is 16.8 Å². The molecule has 0 aromatic heterocycles. The lowest BCUT2D eigenvalue weighted by atomic mass is 10.1. The molecule has 1 N–H and O–H groups in total. The molecule has 0 saturated heterocycles. The third-order valence-electron chi connectivity index (χ3n) is 3.53. The zero-order valence-electron chi connectivity index (χ0n) is 12.7. The van der Waals surface area contributed by atoms with Crippen LogP contribution in [0.3, 0.4) is 0 Å². The Morgan fingerprint density at radius 1 is 1.08 bits per heavy atom. The highest BCUT2D eigenvalue weighted by atomic mass is 32.1. The second-order valence-corrected chi connectivity index (χ2v) is 5.44. The van der Waals surface area contributed by atoms with Crippen LogP contribution in [-0.4, -0.2) is 33.5 Å². The standard InChI is InChI=1S/C16H11N3O5S/c20-14-12-3-1-2-4-13(12)15(21)18(14)9-24-16(25)17-10-5-7-11(8-6-10)19(22)23/h1-8H,9H2,(H,17,25). The van der Waals surface area contributed by atoms with Crippen molar-refractivity contribution < 1.29 is 19.2 Å². The minimum Gasteiger partial charge on any atom is -0.449 e. The van der Waals surface area contributed by atoms with Gasteiger partial charge in [-0.25, -0.2) is 4.90 Å². The number of hydrogen-bond acceptors (Lipinski definition) is 6. The Kier molecular flexibility index (Phi) is 4.40. The molecule has 0 aliphatic carbocycles. The zero-order chi connectivity index (χ0) is 18.0. The Morgan fingerprint density at radius 3 is 2.16 bits per heavy atom. The van der Waals surface area contributed by atoms with Crippen molar-refractivity contribution in [3.05, 3.63) is 69.8 Å². The van der Waals surface area contributed by atoms with Gasteiger partial charge in [-0.05, 0) is 36.5 Å². The number of thiocarbonyl (C=S) groups is 1. The van der Waals surface area contributed by atoms with Gasteiger partial charge in [0.2, 0.25) is 0 Å². The third kappa shape index (κ3) is 3.31. The van der Waals surface area contributed by atoms with Crippen LogP contribution in [0.2, 0.25) is 0 Å². The van der Waals surface area contributed by atoms with E-state index in [9.17, 15) is 19.7 Å². The number of carbonyl (C=O) groups is 2. The maximum Gasteiger partial charge on any atom is 0.269 e. The first-order valence-corrected chi connectivity index (χ1v) is 7.51. The summed E-state index contributed by atoms with van der Waals surface area (Å²) >= 11 is 5.00. The van der Waals surface area contributed by atoms with E-state index in [1.54, 1.807) is 24.3 Å². The molecule has 0 unspecified atom stereocenters. The number of rotatable bonds is 4. The lowest BCUT2D eigenvalue weighted by Crippen LogP contribution is -2.34. The maximum atomic E-state index is 12.2. The second kappa shape index (κ2) is 6.65. The molecule has 9 heteroatoms. The van der Waals surface area contributed by atoms with Gasteiger partial charge in [-0.3, -0.25) is 19.7 Å². The van der Waals surface area contributed by atoms with Crippen molar-refractivity contribution in [2.75, 3.05) is 12.0 Å². The number of imide groups is 1. The van der Waals surface area contributed by atoms with E-state index in [-0.39, 0.29) is 17.6 Å². The zero-order valence-corrected chi connectivity index (χ0v) is 13.5. The monoisotopic (exact) mass is 357 g/mol. The molecule has 0 fully saturated rings. The minimum absolute atomic E-state index is 0.0524. The fraction of sp³-hybridized carbons (Fsp3) is 0.0625. The number of fused-ring (bicyclic) bond motifs is 1. The van der Waals surface area contributed by atoms with Gasteiger partial charge in [-0.15, -0.1) is 0 Å². The topological polar surface area (TPSA) is 102 Å². The lowest BCUT2D eigenvalue weighted by molar-refractivity contribution is -0.384. The summed E-state index contributed by atoms with van der Waals surface area (Å²) in [6, 6.07) is 12.1. The van der Waals surface area contributed by atoms with Gasteiger partial charge in [0.1, 0.15) is 0 Å². The second-order valence-electron chi connectivity index (χ2n) is 5.07. The van der Waals surface area contributed by atoms with Gasteiger partial charge in [0.15, 0.2) is 6.73 Å². The first-order chi connectivity index (χ1) is 12.0. The quantitative estimate of drug-likeness (QED) is 0.388. The van der Waals surface area contributed by atoms with Crippen LogP contribution in [0.1, 0.15) is 20.7 Å². The van der Waals surface area contributed by atoms with Crippen LogP contribution in [0, 0.1) is 10.1 Å². The first kappa shape index (κ1) is 16.5. The number of nitro groups is 1. The number of nitrogens with one attached hydrogen (secondary N) is 1. The largest absolute Gasteiger partial charge is 0.449 e. The van der Waals surface area contributed by atoms with Gasteiger partial charge in [-0.1, -0.05) is 12.1 Å². The highest BCUT2D eigenvalue weighted by Gasteiger charge is 2.35. The molecular weight excluding hydrogens is 346 g/mol. The average Bonchev–Trinajstić information content (AvgIpc) is 2.85. The molecule has 0 bridgehead atoms. The molecule has 1 aliphatic heterocycles. The van der Waals surface area contributed by atoms with Gasteiger partial charge in [0.25, 0.3) is 22.7 Å². The summed E-state index contributed by atoms with van der Waals surface area (Å²) in [6.45, 7) is -0.328. The van der Waals surface area contributed by atoms with Crippen LogP contribution in [0.4, 0.5) is 11.4 Å². The average molecular weight is 357 g/mol. The van der Waals surface area contributed by atoms with Gasteiger partial charge in [0, 0.05) is 17.8 Å². The summed E-state index contributed by atoms with van der Waals surface area (Å²) in [6.07, 6.45) is 0. The van der Waals surface area contributed by atoms with Crippen LogP contribution in [0.25, 0.3) is 0 Å². The highest BCUT2D eigenvalue weighted by Crippen LogP contribution is 2.22. The number of hydrogen-bond donors (Lipinski definition) is 1. The summed E-state index contributed by atoms with van der Waals surface area (Å²) in [5, 5.41) is 13.3. The first-order valence-electron chi connectivity index (χ1n) is 7.11. The van der Waals surface area contributed by atoms with Crippen LogP contribution in [0.15, 0.2) is 48.5 Å². The molecule has 1 aliphatic rings. The van der Waals surface area contributed by atoms with Crippen molar-refractivity contribution >= 4 is 40.6 Å². The molecule has 3 rings (SSSR count). The molecule has 0 radical (unpaired) electrons. The van der Waals surface area contributed by atoms with E-state index < -0.39 is 16.7 Å². The minimum atomic E-state index is -0.513. The van der Waals surface area contributed by atoms with Gasteiger partial charge >= 0.3 is 0 Å². The van der Waals surface area contributed by atoms with E-state index in [4.69, 9.17) is 17.0 Å². The molecule has 25 heavy (non-hydrogen) atoms. The fourth-order valence-electron chi connectivity index (χ4n) is 2.30. The summed E-state index contributed by atoms with van der Waals surface area (Å²) < 4.78 is 5.25. The predicted molar refractivity (Wildman–Crippen MR) is 92.2 cm³/mol. The number of non-ortho nitro benzene ring substituents is 1. The van der Waals surface area contributed by atoms with E-state index in [0.717, 1.165) is 4.90 Å². The van der Waals surface area contributed by atoms with Crippen molar-refractivity contribution in [2.45, 2.75) is 0 Å². The Bertz CT molecular complexity index is 847. The van der Waals surface area contributed by atoms with Gasteiger partial charge < -0.3 is 10.1 Å². The smallest absolute Gasteiger partial charge is 0.269 e. The maximum absolute atomic E-state index is 12.2. The van der Waals surface area contributed by atoms with Crippen molar-refractivity contribution in [3.8, 4) is 0 Å². The molecule has 126 valence electrons. The number of anilines is 1. The number of benzene rings is 2. The molecule has 0 spiro atoms. The van der Waals surface area contributed by atoms with Crippen molar-refractivity contribution in [3.63, 3.8) is 0 Å². The van der Waals surface area contributed by atoms with Crippen LogP contribution < -0.4 is 5.32 Å². The Morgan fingerprint density at radius 2 is 1.64 bits per heavy atom. The third-order valence-corrected chi connectivity index (χ3v) is 3.75. The Balaban J connectivity index is 1.59. The molecule has 8 nitrogen and oxygen atoms in total.